The molecule has 0 saturated heterocycles. The Balaban J connectivity index is 1.86. The summed E-state index contributed by atoms with van der Waals surface area (Å²) in [5, 5.41) is 10.5. The fraction of sp³-hybridized carbons (Fsp3) is 0.440. The molecule has 0 fully saturated rings. The predicted octanol–water partition coefficient (Wildman–Crippen LogP) is 5.93. The normalized spacial score (nSPS) is 16.0. The Morgan fingerprint density at radius 1 is 1.30 bits per heavy atom. The van der Waals surface area contributed by atoms with Gasteiger partial charge in [-0.3, -0.25) is 0 Å². The highest BCUT2D eigenvalue weighted by atomic mass is 32.1. The lowest BCUT2D eigenvalue weighted by atomic mass is 9.72. The minimum Gasteiger partial charge on any atom is -0.490 e. The van der Waals surface area contributed by atoms with E-state index in [-0.39, 0.29) is 12.0 Å². The zero-order valence-corrected chi connectivity index (χ0v) is 18.9. The number of aliphatic imine (C=N–C) groups is 1. The van der Waals surface area contributed by atoms with Gasteiger partial charge in [0.25, 0.3) is 0 Å². The van der Waals surface area contributed by atoms with Crippen molar-refractivity contribution in [1.29, 1.82) is 5.26 Å². The molecule has 0 N–H and O–H groups in total. The van der Waals surface area contributed by atoms with E-state index in [1.807, 2.05) is 25.1 Å². The van der Waals surface area contributed by atoms with E-state index in [1.54, 1.807) is 17.6 Å². The number of benzene rings is 1. The van der Waals surface area contributed by atoms with Gasteiger partial charge in [-0.05, 0) is 66.8 Å². The molecule has 2 aromatic rings. The van der Waals surface area contributed by atoms with Gasteiger partial charge in [0.1, 0.15) is 17.7 Å². The zero-order valence-electron chi connectivity index (χ0n) is 18.1. The van der Waals surface area contributed by atoms with Crippen LogP contribution in [0.3, 0.4) is 0 Å². The lowest BCUT2D eigenvalue weighted by Gasteiger charge is -2.33. The van der Waals surface area contributed by atoms with E-state index < -0.39 is 0 Å². The van der Waals surface area contributed by atoms with Crippen molar-refractivity contribution < 1.29 is 9.47 Å². The highest BCUT2D eigenvalue weighted by Crippen LogP contribution is 2.44. The van der Waals surface area contributed by atoms with Crippen LogP contribution >= 0.6 is 11.3 Å². The van der Waals surface area contributed by atoms with Crippen molar-refractivity contribution in [2.45, 2.75) is 47.0 Å². The first kappa shape index (κ1) is 21.9. The Hall–Kier alpha value is -2.76. The Morgan fingerprint density at radius 3 is 2.77 bits per heavy atom. The van der Waals surface area contributed by atoms with E-state index in [4.69, 9.17) is 15.9 Å². The third-order valence-corrected chi connectivity index (χ3v) is 6.66. The average Bonchev–Trinajstić information content (AvgIpc) is 3.07. The molecule has 5 heteroatoms. The van der Waals surface area contributed by atoms with Gasteiger partial charge in [-0.2, -0.15) is 5.26 Å². The van der Waals surface area contributed by atoms with Gasteiger partial charge in [0.05, 0.1) is 12.2 Å². The van der Waals surface area contributed by atoms with Crippen molar-refractivity contribution in [2.75, 3.05) is 13.2 Å². The first-order valence-electron chi connectivity index (χ1n) is 10.3. The molecular weight excluding hydrogens is 392 g/mol. The SMILES string of the molecule is C#CCOc1ccc(C=Nc2sc3c(c2C#N)CC[C@@H](C(C)(C)C)C3)cc1OCC. The molecule has 1 atom stereocenters. The van der Waals surface area contributed by atoms with Gasteiger partial charge in [0.2, 0.25) is 0 Å². The van der Waals surface area contributed by atoms with E-state index >= 15 is 0 Å². The van der Waals surface area contributed by atoms with Crippen LogP contribution in [0.1, 0.15) is 55.7 Å². The fourth-order valence-corrected chi connectivity index (χ4v) is 4.98. The average molecular weight is 421 g/mol. The molecule has 0 radical (unpaired) electrons. The van der Waals surface area contributed by atoms with Crippen LogP contribution in [-0.4, -0.2) is 19.4 Å². The quantitative estimate of drug-likeness (QED) is 0.430. The molecule has 3 rings (SSSR count). The van der Waals surface area contributed by atoms with Gasteiger partial charge in [-0.25, -0.2) is 4.99 Å². The minimum absolute atomic E-state index is 0.190. The maximum absolute atomic E-state index is 9.75. The van der Waals surface area contributed by atoms with Gasteiger partial charge in [0, 0.05) is 11.1 Å². The first-order valence-corrected chi connectivity index (χ1v) is 11.1. The predicted molar refractivity (Wildman–Crippen MR) is 123 cm³/mol. The molecule has 0 bridgehead atoms. The summed E-state index contributed by atoms with van der Waals surface area (Å²) in [4.78, 5) is 5.99. The van der Waals surface area contributed by atoms with Crippen molar-refractivity contribution in [3.05, 3.63) is 39.8 Å². The molecule has 0 unspecified atom stereocenters. The number of terminal acetylenes is 1. The highest BCUT2D eigenvalue weighted by Gasteiger charge is 2.32. The molecule has 156 valence electrons. The number of rotatable bonds is 6. The molecular formula is C25H28N2O2S. The maximum atomic E-state index is 9.75. The largest absolute Gasteiger partial charge is 0.490 e. The molecule has 0 saturated carbocycles. The van der Waals surface area contributed by atoms with Crippen LogP contribution in [0.2, 0.25) is 0 Å². The van der Waals surface area contributed by atoms with Crippen LogP contribution < -0.4 is 9.47 Å². The van der Waals surface area contributed by atoms with E-state index in [2.05, 4.69) is 37.8 Å². The summed E-state index contributed by atoms with van der Waals surface area (Å²) >= 11 is 1.66. The number of fused-ring (bicyclic) bond motifs is 1. The van der Waals surface area contributed by atoms with Crippen LogP contribution in [-0.2, 0) is 12.8 Å². The van der Waals surface area contributed by atoms with E-state index in [0.717, 1.165) is 35.4 Å². The molecule has 30 heavy (non-hydrogen) atoms. The molecule has 1 aromatic carbocycles. The zero-order chi connectivity index (χ0) is 21.7. The lowest BCUT2D eigenvalue weighted by molar-refractivity contribution is 0.218. The van der Waals surface area contributed by atoms with Crippen LogP contribution in [0, 0.1) is 35.0 Å². The number of thiophene rings is 1. The summed E-state index contributed by atoms with van der Waals surface area (Å²) < 4.78 is 11.2. The second-order valence-electron chi connectivity index (χ2n) is 8.49. The summed E-state index contributed by atoms with van der Waals surface area (Å²) in [6.45, 7) is 9.54. The minimum atomic E-state index is 0.190. The number of ether oxygens (including phenoxy) is 2. The fourth-order valence-electron chi connectivity index (χ4n) is 3.76. The number of nitriles is 1. The summed E-state index contributed by atoms with van der Waals surface area (Å²) in [6, 6.07) is 8.02. The molecule has 1 aromatic heterocycles. The number of nitrogens with zero attached hydrogens (tertiary/aromatic N) is 2. The van der Waals surface area contributed by atoms with Gasteiger partial charge in [-0.1, -0.05) is 26.7 Å². The third kappa shape index (κ3) is 4.86. The molecule has 1 aliphatic carbocycles. The topological polar surface area (TPSA) is 54.6 Å². The Kier molecular flexibility index (Phi) is 6.85. The van der Waals surface area contributed by atoms with E-state index in [9.17, 15) is 5.26 Å². The Morgan fingerprint density at radius 2 is 2.10 bits per heavy atom. The molecule has 1 heterocycles. The van der Waals surface area contributed by atoms with Crippen LogP contribution in [0.5, 0.6) is 11.5 Å². The lowest BCUT2D eigenvalue weighted by Crippen LogP contribution is -2.26. The second-order valence-corrected chi connectivity index (χ2v) is 9.58. The van der Waals surface area contributed by atoms with Crippen LogP contribution in [0.4, 0.5) is 5.00 Å². The smallest absolute Gasteiger partial charge is 0.162 e. The van der Waals surface area contributed by atoms with Crippen molar-refractivity contribution in [2.24, 2.45) is 16.3 Å². The van der Waals surface area contributed by atoms with Crippen LogP contribution in [0.15, 0.2) is 23.2 Å². The van der Waals surface area contributed by atoms with Gasteiger partial charge < -0.3 is 9.47 Å². The van der Waals surface area contributed by atoms with Gasteiger partial charge in [-0.15, -0.1) is 17.8 Å². The summed E-state index contributed by atoms with van der Waals surface area (Å²) in [7, 11) is 0. The van der Waals surface area contributed by atoms with Crippen molar-refractivity contribution in [3.8, 4) is 29.9 Å². The third-order valence-electron chi connectivity index (χ3n) is 5.49. The monoisotopic (exact) mass is 420 g/mol. The Bertz CT molecular complexity index is 1020. The van der Waals surface area contributed by atoms with Crippen molar-refractivity contribution >= 4 is 22.6 Å². The highest BCUT2D eigenvalue weighted by molar-refractivity contribution is 7.16. The maximum Gasteiger partial charge on any atom is 0.162 e. The molecule has 0 aliphatic heterocycles. The molecule has 1 aliphatic rings. The Labute approximate surface area is 183 Å². The summed E-state index contributed by atoms with van der Waals surface area (Å²) in [5.74, 6) is 4.35. The van der Waals surface area contributed by atoms with Gasteiger partial charge in [0.15, 0.2) is 11.5 Å². The van der Waals surface area contributed by atoms with Gasteiger partial charge >= 0.3 is 0 Å². The van der Waals surface area contributed by atoms with E-state index in [1.165, 1.54) is 10.4 Å². The second kappa shape index (κ2) is 9.37. The molecule has 0 amide bonds. The van der Waals surface area contributed by atoms with Crippen LogP contribution in [0.25, 0.3) is 0 Å². The summed E-state index contributed by atoms with van der Waals surface area (Å²) in [6.07, 6.45) is 10.2. The standard InChI is InChI=1S/C25H28N2O2S/c1-6-12-29-21-11-8-17(13-22(21)28-7-2)16-27-24-20(15-26)19-10-9-18(25(3,4)5)14-23(19)30-24/h1,8,11,13,16,18H,7,9-10,12,14H2,2-5H3/t18-/m1/s1. The molecule has 4 nitrogen and oxygen atoms in total. The van der Waals surface area contributed by atoms with Crippen molar-refractivity contribution in [1.82, 2.24) is 0 Å². The summed E-state index contributed by atoms with van der Waals surface area (Å²) in [5.41, 5.74) is 3.09. The van der Waals surface area contributed by atoms with E-state index in [0.29, 0.717) is 24.0 Å². The molecule has 0 spiro atoms. The first-order chi connectivity index (χ1) is 14.4. The number of hydrogen-bond acceptors (Lipinski definition) is 5. The number of hydrogen-bond donors (Lipinski definition) is 0. The van der Waals surface area contributed by atoms with Crippen molar-refractivity contribution in [3.63, 3.8) is 0 Å².